The lowest BCUT2D eigenvalue weighted by Gasteiger charge is -2.26. The second kappa shape index (κ2) is 7.82. The van der Waals surface area contributed by atoms with Crippen LogP contribution >= 0.6 is 23.2 Å². The summed E-state index contributed by atoms with van der Waals surface area (Å²) in [4.78, 5) is 0. The van der Waals surface area contributed by atoms with E-state index >= 15 is 0 Å². The van der Waals surface area contributed by atoms with Crippen LogP contribution in [0.1, 0.15) is 0 Å². The smallest absolute Gasteiger partial charge is 0.272 e. The van der Waals surface area contributed by atoms with E-state index in [1.54, 1.807) is 0 Å². The highest BCUT2D eigenvalue weighted by Crippen LogP contribution is 2.46. The molecule has 0 aliphatic carbocycles. The molecule has 0 rings (SSSR count). The van der Waals surface area contributed by atoms with Gasteiger partial charge in [0.05, 0.1) is 0 Å². The van der Waals surface area contributed by atoms with Gasteiger partial charge >= 0.3 is 23.0 Å². The van der Waals surface area contributed by atoms with Crippen LogP contribution < -0.4 is 0 Å². The third-order valence-corrected chi connectivity index (χ3v) is 2.74. The van der Waals surface area contributed by atoms with Crippen LogP contribution in [0.15, 0.2) is 22.8 Å². The lowest BCUT2D eigenvalue weighted by Crippen LogP contribution is -2.36. The van der Waals surface area contributed by atoms with E-state index in [2.05, 4.69) is 27.9 Å². The van der Waals surface area contributed by atoms with E-state index in [0.29, 0.717) is 0 Å². The number of ether oxygens (including phenoxy) is 1. The van der Waals surface area contributed by atoms with E-state index in [1.807, 2.05) is 0 Å². The monoisotopic (exact) mass is 438 g/mol. The van der Waals surface area contributed by atoms with Crippen molar-refractivity contribution in [3.05, 3.63) is 22.8 Å². The predicted molar refractivity (Wildman–Crippen MR) is 60.8 cm³/mol. The van der Waals surface area contributed by atoms with Gasteiger partial charge in [-0.1, -0.05) is 0 Å². The molecule has 0 spiro atoms. The Labute approximate surface area is 140 Å². The minimum atomic E-state index is -5.90. The van der Waals surface area contributed by atoms with Gasteiger partial charge in [-0.05, 0) is 23.2 Å². The first-order valence-electron chi connectivity index (χ1n) is 5.42. The van der Waals surface area contributed by atoms with Gasteiger partial charge in [0.25, 0.3) is 0 Å². The number of rotatable bonds is 6. The number of hydrogen-bond donors (Lipinski definition) is 0. The van der Waals surface area contributed by atoms with Gasteiger partial charge in [0.1, 0.15) is 24.5 Å². The summed E-state index contributed by atoms with van der Waals surface area (Å²) in [6.45, 7) is -5.51. The molecule has 0 bridgehead atoms. The molecule has 0 fully saturated rings. The summed E-state index contributed by atoms with van der Waals surface area (Å²) in [6.07, 6.45) is -11.8. The molecule has 2 atom stereocenters. The molecular formula is C10H4Cl2F12O. The van der Waals surface area contributed by atoms with Gasteiger partial charge < -0.3 is 0 Å². The topological polar surface area (TPSA) is 9.23 Å². The summed E-state index contributed by atoms with van der Waals surface area (Å²) in [5.74, 6) is -6.79. The fourth-order valence-electron chi connectivity index (χ4n) is 1.12. The van der Waals surface area contributed by atoms with Crippen molar-refractivity contribution in [1.82, 2.24) is 0 Å². The molecule has 1 nitrogen and oxygen atoms in total. The van der Waals surface area contributed by atoms with Gasteiger partial charge in [0, 0.05) is 0 Å². The van der Waals surface area contributed by atoms with E-state index in [-0.39, 0.29) is 0 Å². The summed E-state index contributed by atoms with van der Waals surface area (Å²) >= 11 is 8.76. The summed E-state index contributed by atoms with van der Waals surface area (Å²) in [5, 5.41) is -10.4. The maximum absolute atomic E-state index is 13.5. The van der Waals surface area contributed by atoms with E-state index in [0.717, 1.165) is 0 Å². The van der Waals surface area contributed by atoms with Crippen molar-refractivity contribution in [2.45, 2.75) is 23.0 Å². The minimum Gasteiger partial charge on any atom is -0.272 e. The van der Waals surface area contributed by atoms with Crippen LogP contribution in [0.5, 0.6) is 0 Å². The molecule has 0 aromatic carbocycles. The largest absolute Gasteiger partial charge is 0.417 e. The Morgan fingerprint density at radius 2 is 0.880 bits per heavy atom. The molecule has 0 saturated heterocycles. The molecule has 0 saturated carbocycles. The van der Waals surface area contributed by atoms with Crippen molar-refractivity contribution in [2.24, 2.45) is 0 Å². The molecule has 25 heavy (non-hydrogen) atoms. The normalized spacial score (nSPS) is 20.4. The molecule has 15 heteroatoms. The van der Waals surface area contributed by atoms with Gasteiger partial charge in [-0.25, -0.2) is 17.6 Å². The van der Waals surface area contributed by atoms with Crippen LogP contribution in [-0.2, 0) is 4.74 Å². The van der Waals surface area contributed by atoms with E-state index in [4.69, 9.17) is 0 Å². The molecule has 2 unspecified atom stereocenters. The molecule has 148 valence electrons. The highest BCUT2D eigenvalue weighted by Gasteiger charge is 2.54. The lowest BCUT2D eigenvalue weighted by molar-refractivity contribution is -0.179. The van der Waals surface area contributed by atoms with Crippen molar-refractivity contribution >= 4 is 23.2 Å². The van der Waals surface area contributed by atoms with Gasteiger partial charge in [-0.3, -0.25) is 4.74 Å². The van der Waals surface area contributed by atoms with Gasteiger partial charge in [0.2, 0.25) is 0 Å². The Morgan fingerprint density at radius 3 is 1.04 bits per heavy atom. The average molecular weight is 439 g/mol. The predicted octanol–water partition coefficient (Wildman–Crippen LogP) is 6.24. The highest BCUT2D eigenvalue weighted by atomic mass is 35.5. The van der Waals surface area contributed by atoms with Crippen LogP contribution in [0.2, 0.25) is 0 Å². The Bertz CT molecular complexity index is 497. The average Bonchev–Trinajstić information content (AvgIpc) is 2.35. The van der Waals surface area contributed by atoms with E-state index < -0.39 is 59.1 Å². The zero-order valence-corrected chi connectivity index (χ0v) is 12.6. The summed E-state index contributed by atoms with van der Waals surface area (Å²) < 4.78 is 154. The molecule has 0 aliphatic rings. The Hall–Kier alpha value is -0.820. The first-order chi connectivity index (χ1) is 10.9. The van der Waals surface area contributed by atoms with Crippen LogP contribution in [0, 0.1) is 0 Å². The second-order valence-electron chi connectivity index (χ2n) is 3.98. The van der Waals surface area contributed by atoms with E-state index in [9.17, 15) is 52.7 Å². The highest BCUT2D eigenvalue weighted by molar-refractivity contribution is 6.26. The fourth-order valence-corrected chi connectivity index (χ4v) is 1.60. The number of hydrogen-bond acceptors (Lipinski definition) is 1. The van der Waals surface area contributed by atoms with Crippen molar-refractivity contribution in [3.63, 3.8) is 0 Å². The molecule has 0 aliphatic heterocycles. The molecule has 0 N–H and O–H groups in total. The standard InChI is InChI=1S/C10H4Cl2F12O/c11-7(17,5(15)3(1-13)9(19,20)21)25-8(12,18)6(16)4(2-14)10(22,23)24/h1-2H2. The van der Waals surface area contributed by atoms with Gasteiger partial charge in [-0.15, -0.1) is 0 Å². The van der Waals surface area contributed by atoms with Crippen molar-refractivity contribution < 1.29 is 57.4 Å². The van der Waals surface area contributed by atoms with Crippen LogP contribution in [-0.4, -0.2) is 36.3 Å². The number of allylic oxidation sites excluding steroid dienone is 2. The van der Waals surface area contributed by atoms with Crippen molar-refractivity contribution in [2.75, 3.05) is 13.3 Å². The Morgan fingerprint density at radius 1 is 0.640 bits per heavy atom. The zero-order chi connectivity index (χ0) is 20.4. The van der Waals surface area contributed by atoms with Gasteiger partial charge in [-0.2, -0.15) is 35.1 Å². The van der Waals surface area contributed by atoms with Crippen LogP contribution in [0.4, 0.5) is 52.7 Å². The van der Waals surface area contributed by atoms with Crippen molar-refractivity contribution in [1.29, 1.82) is 0 Å². The molecular weight excluding hydrogens is 435 g/mol. The summed E-state index contributed by atoms with van der Waals surface area (Å²) in [7, 11) is 0. The minimum absolute atomic E-state index is 2.75. The second-order valence-corrected chi connectivity index (χ2v) is 4.96. The summed E-state index contributed by atoms with van der Waals surface area (Å²) in [6, 6.07) is 0. The lowest BCUT2D eigenvalue weighted by atomic mass is 10.2. The third kappa shape index (κ3) is 6.13. The maximum atomic E-state index is 13.5. The molecule has 0 aromatic rings. The van der Waals surface area contributed by atoms with E-state index in [1.165, 1.54) is 0 Å². The van der Waals surface area contributed by atoms with Crippen LogP contribution in [0.25, 0.3) is 0 Å². The quantitative estimate of drug-likeness (QED) is 0.352. The van der Waals surface area contributed by atoms with Gasteiger partial charge in [0.15, 0.2) is 11.7 Å². The maximum Gasteiger partial charge on any atom is 0.417 e. The molecule has 0 heterocycles. The molecule has 0 amide bonds. The molecule has 0 radical (unpaired) electrons. The number of alkyl halides is 12. The SMILES string of the molecule is FCC(=C(F)C(F)(Cl)OC(F)(Cl)C(F)=C(CF)C(F)(F)F)C(F)(F)F. The van der Waals surface area contributed by atoms with Crippen molar-refractivity contribution in [3.8, 4) is 0 Å². The first-order valence-corrected chi connectivity index (χ1v) is 6.17. The third-order valence-electron chi connectivity index (χ3n) is 2.25. The fraction of sp³-hybridized carbons (Fsp3) is 0.600. The number of halogens is 14. The molecule has 0 aromatic heterocycles. The Balaban J connectivity index is 6.04. The first kappa shape index (κ1) is 24.2. The van der Waals surface area contributed by atoms with Crippen LogP contribution in [0.3, 0.4) is 0 Å². The Kier molecular flexibility index (Phi) is 7.57. The zero-order valence-electron chi connectivity index (χ0n) is 11.1. The summed E-state index contributed by atoms with van der Waals surface area (Å²) in [5.41, 5.74) is -5.97.